The highest BCUT2D eigenvalue weighted by Gasteiger charge is 2.21. The number of hydrogen-bond donors (Lipinski definition) is 1. The van der Waals surface area contributed by atoms with Crippen LogP contribution in [0.5, 0.6) is 11.5 Å². The molecule has 0 aliphatic rings. The van der Waals surface area contributed by atoms with Gasteiger partial charge in [-0.2, -0.15) is 0 Å². The number of rotatable bonds is 4. The van der Waals surface area contributed by atoms with Crippen LogP contribution in [0, 0.1) is 0 Å². The Hall–Kier alpha value is -1.30. The third kappa shape index (κ3) is 2.75. The molecule has 0 bridgehead atoms. The second kappa shape index (κ2) is 6.43. The Kier molecular flexibility index (Phi) is 4.86. The molecule has 0 aliphatic carbocycles. The minimum absolute atomic E-state index is 0.485. The van der Waals surface area contributed by atoms with Gasteiger partial charge in [0.25, 0.3) is 0 Å². The second-order valence-corrected chi connectivity index (χ2v) is 5.25. The van der Waals surface area contributed by atoms with Crippen LogP contribution in [0.3, 0.4) is 0 Å². The van der Waals surface area contributed by atoms with Crippen molar-refractivity contribution in [1.82, 2.24) is 4.98 Å². The van der Waals surface area contributed by atoms with E-state index in [0.29, 0.717) is 26.7 Å². The molecule has 106 valence electrons. The van der Waals surface area contributed by atoms with E-state index in [9.17, 15) is 0 Å². The van der Waals surface area contributed by atoms with E-state index in [1.807, 2.05) is 12.1 Å². The van der Waals surface area contributed by atoms with Gasteiger partial charge in [-0.1, -0.05) is 11.6 Å². The van der Waals surface area contributed by atoms with Crippen molar-refractivity contribution in [2.75, 3.05) is 14.2 Å². The number of halogens is 2. The molecule has 0 radical (unpaired) electrons. The van der Waals surface area contributed by atoms with Crippen molar-refractivity contribution in [3.8, 4) is 11.5 Å². The van der Waals surface area contributed by atoms with Crippen molar-refractivity contribution in [2.45, 2.75) is 6.04 Å². The minimum Gasteiger partial charge on any atom is -0.495 e. The summed E-state index contributed by atoms with van der Waals surface area (Å²) in [5.41, 5.74) is 7.65. The average Bonchev–Trinajstić information content (AvgIpc) is 2.46. The first-order chi connectivity index (χ1) is 9.60. The monoisotopic (exact) mass is 356 g/mol. The van der Waals surface area contributed by atoms with Crippen molar-refractivity contribution < 1.29 is 9.47 Å². The molecule has 1 heterocycles. The fourth-order valence-corrected chi connectivity index (χ4v) is 2.86. The Bertz CT molecular complexity index is 622. The van der Waals surface area contributed by atoms with E-state index in [4.69, 9.17) is 26.8 Å². The van der Waals surface area contributed by atoms with Crippen molar-refractivity contribution in [2.24, 2.45) is 5.73 Å². The predicted molar refractivity (Wildman–Crippen MR) is 82.5 cm³/mol. The predicted octanol–water partition coefficient (Wildman–Crippen LogP) is 3.56. The molecule has 4 nitrogen and oxygen atoms in total. The molecule has 2 rings (SSSR count). The molecule has 0 saturated carbocycles. The Balaban J connectivity index is 2.53. The average molecular weight is 358 g/mol. The summed E-state index contributed by atoms with van der Waals surface area (Å²) >= 11 is 9.60. The van der Waals surface area contributed by atoms with Crippen molar-refractivity contribution in [1.29, 1.82) is 0 Å². The van der Waals surface area contributed by atoms with Gasteiger partial charge in [0, 0.05) is 11.8 Å². The summed E-state index contributed by atoms with van der Waals surface area (Å²) in [6.07, 6.45) is 1.66. The molecule has 2 N–H and O–H groups in total. The number of methoxy groups -OCH3 is 2. The van der Waals surface area contributed by atoms with Crippen LogP contribution < -0.4 is 15.2 Å². The van der Waals surface area contributed by atoms with Gasteiger partial charge in [-0.3, -0.25) is 4.98 Å². The van der Waals surface area contributed by atoms with Gasteiger partial charge in [0.15, 0.2) is 0 Å². The molecule has 0 aliphatic heterocycles. The molecular formula is C14H14BrClN2O2. The number of nitrogens with two attached hydrogens (primary N) is 1. The van der Waals surface area contributed by atoms with Gasteiger partial charge in [0.1, 0.15) is 16.0 Å². The van der Waals surface area contributed by atoms with Gasteiger partial charge in [-0.05, 0) is 40.2 Å². The molecule has 1 unspecified atom stereocenters. The first-order valence-corrected chi connectivity index (χ1v) is 7.03. The number of hydrogen-bond acceptors (Lipinski definition) is 4. The van der Waals surface area contributed by atoms with Crippen molar-refractivity contribution in [3.63, 3.8) is 0 Å². The second-order valence-electron chi connectivity index (χ2n) is 4.05. The SMILES string of the molecule is COc1ccc(C(N)c2ncccc2Cl)c(OC)c1Br. The zero-order valence-electron chi connectivity index (χ0n) is 11.1. The fraction of sp³-hybridized carbons (Fsp3) is 0.214. The Morgan fingerprint density at radius 2 is 2.00 bits per heavy atom. The third-order valence-electron chi connectivity index (χ3n) is 2.93. The number of aromatic nitrogens is 1. The molecule has 6 heteroatoms. The molecule has 2 aromatic rings. The highest BCUT2D eigenvalue weighted by Crippen LogP contribution is 2.40. The number of nitrogens with zero attached hydrogens (tertiary/aromatic N) is 1. The molecule has 1 atom stereocenters. The van der Waals surface area contributed by atoms with Gasteiger partial charge in [-0.25, -0.2) is 0 Å². The Labute approximate surface area is 131 Å². The van der Waals surface area contributed by atoms with Crippen molar-refractivity contribution in [3.05, 3.63) is 51.2 Å². The smallest absolute Gasteiger partial charge is 0.141 e. The first-order valence-electron chi connectivity index (χ1n) is 5.86. The topological polar surface area (TPSA) is 57.4 Å². The van der Waals surface area contributed by atoms with Crippen molar-refractivity contribution >= 4 is 27.5 Å². The van der Waals surface area contributed by atoms with Gasteiger partial charge < -0.3 is 15.2 Å². The Morgan fingerprint density at radius 1 is 1.25 bits per heavy atom. The molecule has 0 fully saturated rings. The number of ether oxygens (including phenoxy) is 2. The highest BCUT2D eigenvalue weighted by atomic mass is 79.9. The Morgan fingerprint density at radius 3 is 2.60 bits per heavy atom. The molecule has 1 aromatic heterocycles. The molecule has 20 heavy (non-hydrogen) atoms. The van der Waals surface area contributed by atoms with Crippen LogP contribution in [-0.4, -0.2) is 19.2 Å². The standard InChI is InChI=1S/C14H14BrClN2O2/c1-19-10-6-5-8(14(20-2)11(10)15)12(17)13-9(16)4-3-7-18-13/h3-7,12H,17H2,1-2H3. The van der Waals surface area contributed by atoms with Gasteiger partial charge in [0.05, 0.1) is 31.0 Å². The molecule has 0 spiro atoms. The molecule has 0 saturated heterocycles. The third-order valence-corrected chi connectivity index (χ3v) is 4.00. The quantitative estimate of drug-likeness (QED) is 0.909. The first kappa shape index (κ1) is 15.1. The summed E-state index contributed by atoms with van der Waals surface area (Å²) in [7, 11) is 3.17. The zero-order valence-corrected chi connectivity index (χ0v) is 13.4. The molecule has 0 amide bonds. The lowest BCUT2D eigenvalue weighted by Gasteiger charge is -2.18. The van der Waals surface area contributed by atoms with Crippen LogP contribution in [0.4, 0.5) is 0 Å². The van der Waals surface area contributed by atoms with E-state index in [1.165, 1.54) is 0 Å². The van der Waals surface area contributed by atoms with E-state index >= 15 is 0 Å². The van der Waals surface area contributed by atoms with Crippen LogP contribution in [-0.2, 0) is 0 Å². The molecule has 1 aromatic carbocycles. The summed E-state index contributed by atoms with van der Waals surface area (Å²) in [5.74, 6) is 1.28. The summed E-state index contributed by atoms with van der Waals surface area (Å²) in [6, 6.07) is 6.70. The lowest BCUT2D eigenvalue weighted by Crippen LogP contribution is -2.15. The summed E-state index contributed by atoms with van der Waals surface area (Å²) in [5, 5.41) is 0.522. The maximum atomic E-state index is 6.27. The van der Waals surface area contributed by atoms with E-state index < -0.39 is 6.04 Å². The lowest BCUT2D eigenvalue weighted by molar-refractivity contribution is 0.385. The van der Waals surface area contributed by atoms with Crippen LogP contribution in [0.25, 0.3) is 0 Å². The normalized spacial score (nSPS) is 12.1. The fourth-order valence-electron chi connectivity index (χ4n) is 1.94. The van der Waals surface area contributed by atoms with Gasteiger partial charge >= 0.3 is 0 Å². The summed E-state index contributed by atoms with van der Waals surface area (Å²) in [6.45, 7) is 0. The van der Waals surface area contributed by atoms with E-state index in [-0.39, 0.29) is 0 Å². The van der Waals surface area contributed by atoms with E-state index in [2.05, 4.69) is 20.9 Å². The largest absolute Gasteiger partial charge is 0.495 e. The summed E-state index contributed by atoms with van der Waals surface area (Å²) < 4.78 is 11.4. The number of benzene rings is 1. The van der Waals surface area contributed by atoms with Crippen LogP contribution >= 0.6 is 27.5 Å². The number of pyridine rings is 1. The summed E-state index contributed by atoms with van der Waals surface area (Å²) in [4.78, 5) is 4.24. The van der Waals surface area contributed by atoms with Gasteiger partial charge in [0.2, 0.25) is 0 Å². The van der Waals surface area contributed by atoms with Crippen LogP contribution in [0.1, 0.15) is 17.3 Å². The van der Waals surface area contributed by atoms with E-state index in [0.717, 1.165) is 5.56 Å². The van der Waals surface area contributed by atoms with Crippen LogP contribution in [0.15, 0.2) is 34.9 Å². The van der Waals surface area contributed by atoms with Crippen LogP contribution in [0.2, 0.25) is 5.02 Å². The minimum atomic E-state index is -0.485. The lowest BCUT2D eigenvalue weighted by atomic mass is 10.0. The highest BCUT2D eigenvalue weighted by molar-refractivity contribution is 9.10. The zero-order chi connectivity index (χ0) is 14.7. The van der Waals surface area contributed by atoms with Gasteiger partial charge in [-0.15, -0.1) is 0 Å². The maximum Gasteiger partial charge on any atom is 0.141 e. The molecular weight excluding hydrogens is 344 g/mol. The van der Waals surface area contributed by atoms with E-state index in [1.54, 1.807) is 32.5 Å². The maximum absolute atomic E-state index is 6.27.